The molecule has 74 valence electrons. The van der Waals surface area contributed by atoms with Gasteiger partial charge in [0.2, 0.25) is 0 Å². The molecule has 0 radical (unpaired) electrons. The summed E-state index contributed by atoms with van der Waals surface area (Å²) in [4.78, 5) is 10.3. The van der Waals surface area contributed by atoms with E-state index in [1.807, 2.05) is 0 Å². The predicted molar refractivity (Wildman–Crippen MR) is 49.1 cm³/mol. The summed E-state index contributed by atoms with van der Waals surface area (Å²) >= 11 is 0. The summed E-state index contributed by atoms with van der Waals surface area (Å²) in [5.74, 6) is -1.08. The van der Waals surface area contributed by atoms with Gasteiger partial charge in [-0.3, -0.25) is 4.79 Å². The minimum Gasteiger partial charge on any atom is -0.507 e. The average molecular weight is 196 g/mol. The monoisotopic (exact) mass is 196 g/mol. The summed E-state index contributed by atoms with van der Waals surface area (Å²) in [5.41, 5.74) is -0.365. The van der Waals surface area contributed by atoms with E-state index in [-0.39, 0.29) is 24.2 Å². The van der Waals surface area contributed by atoms with Crippen LogP contribution < -0.4 is 4.74 Å². The highest BCUT2D eigenvalue weighted by molar-refractivity contribution is 5.80. The fraction of sp³-hybridized carbons (Fsp3) is 0.100. The van der Waals surface area contributed by atoms with Gasteiger partial charge in [0.15, 0.2) is 6.29 Å². The van der Waals surface area contributed by atoms with E-state index in [1.165, 1.54) is 12.1 Å². The third-order valence-electron chi connectivity index (χ3n) is 1.57. The lowest BCUT2D eigenvalue weighted by Crippen LogP contribution is -1.95. The summed E-state index contributed by atoms with van der Waals surface area (Å²) in [5, 5.41) is 9.19. The highest BCUT2D eigenvalue weighted by atomic mass is 19.1. The Kier molecular flexibility index (Phi) is 3.23. The Morgan fingerprint density at radius 3 is 2.79 bits per heavy atom. The molecule has 0 unspecified atom stereocenters. The molecule has 0 aliphatic heterocycles. The number of hydrogen-bond acceptors (Lipinski definition) is 3. The van der Waals surface area contributed by atoms with Gasteiger partial charge in [0, 0.05) is 12.1 Å². The van der Waals surface area contributed by atoms with Gasteiger partial charge in [-0.1, -0.05) is 12.7 Å². The van der Waals surface area contributed by atoms with Crippen LogP contribution in [0.15, 0.2) is 24.8 Å². The Hall–Kier alpha value is -1.84. The third-order valence-corrected chi connectivity index (χ3v) is 1.57. The lowest BCUT2D eigenvalue weighted by molar-refractivity contribution is 0.111. The van der Waals surface area contributed by atoms with E-state index in [0.717, 1.165) is 6.07 Å². The van der Waals surface area contributed by atoms with Gasteiger partial charge in [0.1, 0.15) is 23.9 Å². The number of aromatic hydroxyl groups is 1. The number of carbonyl (C=O) groups excluding carboxylic acids is 1. The van der Waals surface area contributed by atoms with E-state index in [2.05, 4.69) is 6.58 Å². The van der Waals surface area contributed by atoms with Crippen molar-refractivity contribution in [3.05, 3.63) is 36.2 Å². The number of carbonyl (C=O) groups is 1. The van der Waals surface area contributed by atoms with Crippen molar-refractivity contribution in [3.63, 3.8) is 0 Å². The summed E-state index contributed by atoms with van der Waals surface area (Å²) < 4.78 is 18.0. The molecule has 1 aromatic carbocycles. The van der Waals surface area contributed by atoms with Crippen molar-refractivity contribution in [1.29, 1.82) is 0 Å². The number of phenols is 1. The highest BCUT2D eigenvalue weighted by Gasteiger charge is 2.09. The zero-order chi connectivity index (χ0) is 10.6. The molecule has 1 aromatic rings. The number of aldehydes is 1. The van der Waals surface area contributed by atoms with Gasteiger partial charge in [0.25, 0.3) is 0 Å². The summed E-state index contributed by atoms with van der Waals surface area (Å²) in [6, 6.07) is 2.21. The van der Waals surface area contributed by atoms with Crippen LogP contribution in [0.3, 0.4) is 0 Å². The minimum atomic E-state index is -0.806. The normalized spacial score (nSPS) is 9.50. The van der Waals surface area contributed by atoms with Gasteiger partial charge >= 0.3 is 0 Å². The Morgan fingerprint density at radius 1 is 1.57 bits per heavy atom. The van der Waals surface area contributed by atoms with Crippen LogP contribution in [-0.2, 0) is 0 Å². The minimum absolute atomic E-state index is 0.158. The molecule has 4 heteroatoms. The lowest BCUT2D eigenvalue weighted by atomic mass is 10.2. The SMILES string of the molecule is C=CCOc1cc(O)c(C=O)c(F)c1. The maximum absolute atomic E-state index is 13.0. The molecule has 0 heterocycles. The van der Waals surface area contributed by atoms with Gasteiger partial charge in [-0.25, -0.2) is 4.39 Å². The fourth-order valence-electron chi connectivity index (χ4n) is 0.934. The quantitative estimate of drug-likeness (QED) is 0.591. The molecule has 0 bridgehead atoms. The Morgan fingerprint density at radius 2 is 2.29 bits per heavy atom. The zero-order valence-corrected chi connectivity index (χ0v) is 7.37. The zero-order valence-electron chi connectivity index (χ0n) is 7.37. The number of rotatable bonds is 4. The average Bonchev–Trinajstić information content (AvgIpc) is 2.14. The number of phenolic OH excluding ortho intramolecular Hbond substituents is 1. The van der Waals surface area contributed by atoms with Gasteiger partial charge in [-0.2, -0.15) is 0 Å². The van der Waals surface area contributed by atoms with Crippen molar-refractivity contribution in [2.75, 3.05) is 6.61 Å². The number of halogens is 1. The first-order valence-corrected chi connectivity index (χ1v) is 3.90. The van der Waals surface area contributed by atoms with Crippen molar-refractivity contribution in [1.82, 2.24) is 0 Å². The molecular weight excluding hydrogens is 187 g/mol. The summed E-state index contributed by atoms with van der Waals surface area (Å²) in [6.07, 6.45) is 1.74. The van der Waals surface area contributed by atoms with Crippen molar-refractivity contribution < 1.29 is 19.0 Å². The lowest BCUT2D eigenvalue weighted by Gasteiger charge is -2.05. The smallest absolute Gasteiger partial charge is 0.156 e. The molecule has 1 N–H and O–H groups in total. The van der Waals surface area contributed by atoms with Crippen LogP contribution in [0.25, 0.3) is 0 Å². The first-order valence-electron chi connectivity index (χ1n) is 3.90. The molecule has 3 nitrogen and oxygen atoms in total. The molecule has 0 aliphatic rings. The largest absolute Gasteiger partial charge is 0.507 e. The number of benzene rings is 1. The van der Waals surface area contributed by atoms with E-state index in [4.69, 9.17) is 4.74 Å². The van der Waals surface area contributed by atoms with Gasteiger partial charge < -0.3 is 9.84 Å². The second-order valence-corrected chi connectivity index (χ2v) is 2.56. The Balaban J connectivity index is 3.01. The second-order valence-electron chi connectivity index (χ2n) is 2.56. The van der Waals surface area contributed by atoms with Crippen LogP contribution in [-0.4, -0.2) is 18.0 Å². The van der Waals surface area contributed by atoms with E-state index in [9.17, 15) is 14.3 Å². The maximum atomic E-state index is 13.0. The van der Waals surface area contributed by atoms with Crippen LogP contribution in [0.1, 0.15) is 10.4 Å². The molecule has 0 fully saturated rings. The fourth-order valence-corrected chi connectivity index (χ4v) is 0.934. The van der Waals surface area contributed by atoms with Crippen LogP contribution in [0.4, 0.5) is 4.39 Å². The van der Waals surface area contributed by atoms with Crippen molar-refractivity contribution >= 4 is 6.29 Å². The Labute approximate surface area is 80.4 Å². The molecule has 0 amide bonds. The first kappa shape index (κ1) is 10.2. The standard InChI is InChI=1S/C10H9FO3/c1-2-3-14-7-4-9(11)8(6-12)10(13)5-7/h2,4-6,13H,1,3H2. The van der Waals surface area contributed by atoms with E-state index in [0.29, 0.717) is 0 Å². The summed E-state index contributed by atoms with van der Waals surface area (Å²) in [7, 11) is 0. The highest BCUT2D eigenvalue weighted by Crippen LogP contribution is 2.25. The third kappa shape index (κ3) is 2.10. The molecule has 14 heavy (non-hydrogen) atoms. The molecule has 1 rings (SSSR count). The van der Waals surface area contributed by atoms with E-state index < -0.39 is 11.6 Å². The number of hydrogen-bond donors (Lipinski definition) is 1. The van der Waals surface area contributed by atoms with Crippen LogP contribution in [0.2, 0.25) is 0 Å². The summed E-state index contributed by atoms with van der Waals surface area (Å²) in [6.45, 7) is 3.62. The Bertz CT molecular complexity index is 337. The molecule has 0 aliphatic carbocycles. The number of ether oxygens (including phenoxy) is 1. The van der Waals surface area contributed by atoms with E-state index >= 15 is 0 Å². The molecule has 0 saturated heterocycles. The first-order chi connectivity index (χ1) is 6.69. The van der Waals surface area contributed by atoms with E-state index in [1.54, 1.807) is 0 Å². The molecular formula is C10H9FO3. The van der Waals surface area contributed by atoms with Crippen LogP contribution in [0, 0.1) is 5.82 Å². The predicted octanol–water partition coefficient (Wildman–Crippen LogP) is 1.91. The second kappa shape index (κ2) is 4.41. The molecule has 0 aromatic heterocycles. The van der Waals surface area contributed by atoms with Crippen LogP contribution in [0.5, 0.6) is 11.5 Å². The molecule has 0 atom stereocenters. The maximum Gasteiger partial charge on any atom is 0.156 e. The van der Waals surface area contributed by atoms with Crippen LogP contribution >= 0.6 is 0 Å². The molecule has 0 spiro atoms. The van der Waals surface area contributed by atoms with Gasteiger partial charge in [-0.05, 0) is 0 Å². The molecule has 0 saturated carbocycles. The van der Waals surface area contributed by atoms with Gasteiger partial charge in [0.05, 0.1) is 5.56 Å². The van der Waals surface area contributed by atoms with Gasteiger partial charge in [-0.15, -0.1) is 0 Å². The van der Waals surface area contributed by atoms with Crippen molar-refractivity contribution in [2.45, 2.75) is 0 Å². The van der Waals surface area contributed by atoms with Crippen molar-refractivity contribution in [3.8, 4) is 11.5 Å². The van der Waals surface area contributed by atoms with Crippen molar-refractivity contribution in [2.24, 2.45) is 0 Å². The topological polar surface area (TPSA) is 46.5 Å².